The summed E-state index contributed by atoms with van der Waals surface area (Å²) in [6.07, 6.45) is -0.831. The number of benzene rings is 2. The first kappa shape index (κ1) is 31.8. The molecule has 15 heteroatoms. The van der Waals surface area contributed by atoms with Gasteiger partial charge in [-0.25, -0.2) is 16.8 Å². The number of carbonyl (C=O) groups excluding carboxylic acids is 1. The molecule has 0 spiro atoms. The molecule has 4 rings (SSSR count). The Morgan fingerprint density at radius 1 is 1.17 bits per heavy atom. The molecule has 2 N–H and O–H groups in total. The summed E-state index contributed by atoms with van der Waals surface area (Å²) in [6.45, 7) is 6.13. The van der Waals surface area contributed by atoms with E-state index in [-0.39, 0.29) is 57.9 Å². The van der Waals surface area contributed by atoms with Crippen molar-refractivity contribution < 1.29 is 36.0 Å². The number of para-hydroxylation sites is 1. The van der Waals surface area contributed by atoms with Crippen LogP contribution in [0.3, 0.4) is 0 Å². The second-order valence-electron chi connectivity index (χ2n) is 10.3. The van der Waals surface area contributed by atoms with E-state index in [9.17, 15) is 26.7 Å². The maximum absolute atomic E-state index is 13.7. The number of hydrogen-bond donors (Lipinski definition) is 2. The number of rotatable bonds is 9. The Labute approximate surface area is 250 Å². The zero-order valence-electron chi connectivity index (χ0n) is 23.7. The van der Waals surface area contributed by atoms with Crippen LogP contribution in [0.1, 0.15) is 35.7 Å². The number of likely N-dealkylation sites (N-methyl/N-ethyl adjacent to an activating group) is 1. The summed E-state index contributed by atoms with van der Waals surface area (Å²) < 4.78 is 68.5. The molecule has 0 fully saturated rings. The molecule has 3 aromatic rings. The van der Waals surface area contributed by atoms with Crippen molar-refractivity contribution in [1.29, 1.82) is 0 Å². The molecule has 2 heterocycles. The molecule has 1 aromatic heterocycles. The molecule has 0 radical (unpaired) electrons. The van der Waals surface area contributed by atoms with E-state index in [0.29, 0.717) is 5.02 Å². The molecule has 3 atom stereocenters. The Morgan fingerprint density at radius 3 is 2.43 bits per heavy atom. The van der Waals surface area contributed by atoms with Crippen LogP contribution in [0.5, 0.6) is 5.75 Å². The van der Waals surface area contributed by atoms with E-state index in [1.807, 2.05) is 0 Å². The minimum atomic E-state index is -4.22. The first-order valence-electron chi connectivity index (χ1n) is 13.1. The van der Waals surface area contributed by atoms with E-state index in [1.54, 1.807) is 13.8 Å². The molecular formula is C27H33ClN4O8S2. The summed E-state index contributed by atoms with van der Waals surface area (Å²) in [5.41, 5.74) is 0.174. The number of aliphatic hydroxyl groups is 1. The number of aryl methyl sites for hydroxylation is 2. The van der Waals surface area contributed by atoms with Gasteiger partial charge in [0.15, 0.2) is 16.4 Å². The first-order valence-corrected chi connectivity index (χ1v) is 16.4. The molecule has 42 heavy (non-hydrogen) atoms. The molecule has 12 nitrogen and oxygen atoms in total. The van der Waals surface area contributed by atoms with Crippen LogP contribution in [0.2, 0.25) is 5.02 Å². The van der Waals surface area contributed by atoms with Crippen molar-refractivity contribution in [2.45, 2.75) is 49.6 Å². The third-order valence-corrected chi connectivity index (χ3v) is 10.8. The average Bonchev–Trinajstić information content (AvgIpc) is 3.28. The van der Waals surface area contributed by atoms with E-state index in [2.05, 4.69) is 9.88 Å². The van der Waals surface area contributed by atoms with Gasteiger partial charge in [-0.1, -0.05) is 29.7 Å². The highest BCUT2D eigenvalue weighted by Crippen LogP contribution is 2.37. The van der Waals surface area contributed by atoms with E-state index in [0.717, 1.165) is 4.31 Å². The highest BCUT2D eigenvalue weighted by atomic mass is 35.5. The minimum Gasteiger partial charge on any atom is -0.486 e. The van der Waals surface area contributed by atoms with E-state index >= 15 is 0 Å². The van der Waals surface area contributed by atoms with Gasteiger partial charge in [0, 0.05) is 24.5 Å². The molecule has 0 aliphatic carbocycles. The van der Waals surface area contributed by atoms with Crippen molar-refractivity contribution >= 4 is 43.2 Å². The molecule has 1 amide bonds. The molecule has 2 aromatic carbocycles. The smallest absolute Gasteiger partial charge is 0.267 e. The molecular weight excluding hydrogens is 608 g/mol. The summed E-state index contributed by atoms with van der Waals surface area (Å²) >= 11 is 5.94. The van der Waals surface area contributed by atoms with Gasteiger partial charge in [-0.3, -0.25) is 9.52 Å². The monoisotopic (exact) mass is 640 g/mol. The van der Waals surface area contributed by atoms with E-state index < -0.39 is 44.0 Å². The molecule has 0 bridgehead atoms. The van der Waals surface area contributed by atoms with Gasteiger partial charge in [0.25, 0.3) is 15.9 Å². The fraction of sp³-hybridized carbons (Fsp3) is 0.407. The van der Waals surface area contributed by atoms with Crippen molar-refractivity contribution in [2.75, 3.05) is 31.5 Å². The summed E-state index contributed by atoms with van der Waals surface area (Å²) in [6, 6.07) is 9.61. The Balaban J connectivity index is 1.78. The van der Waals surface area contributed by atoms with Gasteiger partial charge in [-0.05, 0) is 57.2 Å². The van der Waals surface area contributed by atoms with Gasteiger partial charge < -0.3 is 19.3 Å². The maximum Gasteiger partial charge on any atom is 0.267 e. The van der Waals surface area contributed by atoms with Crippen LogP contribution in [0.4, 0.5) is 5.69 Å². The number of halogens is 1. The summed E-state index contributed by atoms with van der Waals surface area (Å²) in [7, 11) is -6.77. The topological polar surface area (TPSA) is 159 Å². The number of aromatic nitrogens is 1. The third kappa shape index (κ3) is 6.27. The number of ether oxygens (including phenoxy) is 1. The fourth-order valence-electron chi connectivity index (χ4n) is 4.73. The summed E-state index contributed by atoms with van der Waals surface area (Å²) in [4.78, 5) is 15.1. The Kier molecular flexibility index (Phi) is 9.23. The lowest BCUT2D eigenvalue weighted by Crippen LogP contribution is -2.50. The lowest BCUT2D eigenvalue weighted by Gasteiger charge is -2.38. The zero-order valence-corrected chi connectivity index (χ0v) is 26.1. The maximum atomic E-state index is 13.7. The predicted octanol–water partition coefficient (Wildman–Crippen LogP) is 3.29. The van der Waals surface area contributed by atoms with Crippen LogP contribution in [0, 0.1) is 19.8 Å². The van der Waals surface area contributed by atoms with Crippen LogP contribution < -0.4 is 9.46 Å². The summed E-state index contributed by atoms with van der Waals surface area (Å²) in [5, 5.41) is 14.0. The van der Waals surface area contributed by atoms with Crippen LogP contribution in [0.15, 0.2) is 56.8 Å². The predicted molar refractivity (Wildman–Crippen MR) is 156 cm³/mol. The molecule has 0 saturated carbocycles. The number of amides is 1. The SMILES string of the molecule is Cc1noc(C)c1S(=O)(=O)Nc1cccc2c1O[C@@H](CN(C)S(=O)(=O)c1ccc(Cl)cc1)[C@@H](C)CN([C@H](C)CO)C2=O. The van der Waals surface area contributed by atoms with E-state index in [1.165, 1.54) is 68.3 Å². The van der Waals surface area contributed by atoms with Crippen molar-refractivity contribution in [1.82, 2.24) is 14.4 Å². The fourth-order valence-corrected chi connectivity index (χ4v) is 7.44. The van der Waals surface area contributed by atoms with Gasteiger partial charge >= 0.3 is 0 Å². The average molecular weight is 641 g/mol. The minimum absolute atomic E-state index is 0.0280. The molecule has 1 aliphatic heterocycles. The number of carbonyl (C=O) groups is 1. The first-order chi connectivity index (χ1) is 19.7. The molecule has 228 valence electrons. The van der Waals surface area contributed by atoms with Crippen molar-refractivity contribution in [3.05, 3.63) is 64.5 Å². The number of aliphatic hydroxyl groups excluding tert-OH is 1. The molecule has 0 saturated heterocycles. The quantitative estimate of drug-likeness (QED) is 0.358. The van der Waals surface area contributed by atoms with Gasteiger partial charge in [-0.15, -0.1) is 0 Å². The Bertz CT molecular complexity index is 1660. The molecule has 1 aliphatic rings. The van der Waals surface area contributed by atoms with Gasteiger partial charge in [-0.2, -0.15) is 4.31 Å². The number of hydrogen-bond acceptors (Lipinski definition) is 9. The molecule has 0 unspecified atom stereocenters. The number of fused-ring (bicyclic) bond motifs is 1. The normalized spacial score (nSPS) is 18.7. The van der Waals surface area contributed by atoms with Crippen molar-refractivity contribution in [3.63, 3.8) is 0 Å². The number of anilines is 1. The second-order valence-corrected chi connectivity index (χ2v) is 14.4. The van der Waals surface area contributed by atoms with Crippen LogP contribution in [0.25, 0.3) is 0 Å². The lowest BCUT2D eigenvalue weighted by molar-refractivity contribution is 0.0389. The number of nitrogens with one attached hydrogen (secondary N) is 1. The number of sulfonamides is 2. The lowest BCUT2D eigenvalue weighted by atomic mass is 9.99. The Morgan fingerprint density at radius 2 is 1.83 bits per heavy atom. The number of nitrogens with zero attached hydrogens (tertiary/aromatic N) is 3. The van der Waals surface area contributed by atoms with Gasteiger partial charge in [0.1, 0.15) is 11.8 Å². The summed E-state index contributed by atoms with van der Waals surface area (Å²) in [5.74, 6) is -0.898. The van der Waals surface area contributed by atoms with Crippen LogP contribution >= 0.6 is 11.6 Å². The highest BCUT2D eigenvalue weighted by Gasteiger charge is 2.37. The van der Waals surface area contributed by atoms with Crippen molar-refractivity contribution in [2.24, 2.45) is 5.92 Å². The van der Waals surface area contributed by atoms with Gasteiger partial charge in [0.2, 0.25) is 10.0 Å². The largest absolute Gasteiger partial charge is 0.486 e. The Hall–Kier alpha value is -3.17. The zero-order chi connectivity index (χ0) is 31.0. The van der Waals surface area contributed by atoms with Crippen molar-refractivity contribution in [3.8, 4) is 5.75 Å². The van der Waals surface area contributed by atoms with Crippen LogP contribution in [-0.2, 0) is 20.0 Å². The second kappa shape index (κ2) is 12.2. The van der Waals surface area contributed by atoms with Crippen LogP contribution in [-0.4, -0.2) is 81.1 Å². The third-order valence-electron chi connectivity index (χ3n) is 7.13. The van der Waals surface area contributed by atoms with Gasteiger partial charge in [0.05, 0.1) is 35.3 Å². The standard InChI is InChI=1S/C27H33ClN4O8S2/c1-16-13-32(17(2)15-33)27(34)22-7-6-8-23(30-41(35,36)26-18(3)29-40-19(26)4)25(22)39-24(16)14-31(5)42(37,38)21-11-9-20(28)10-12-21/h6-12,16-17,24,30,33H,13-15H2,1-5H3/t16-,17+,24-/m0/s1. The van der Waals surface area contributed by atoms with E-state index in [4.69, 9.17) is 20.9 Å². The highest BCUT2D eigenvalue weighted by molar-refractivity contribution is 7.92.